The number of benzene rings is 5. The molecule has 0 saturated heterocycles. The molecule has 10 nitrogen and oxygen atoms in total. The Morgan fingerprint density at radius 2 is 0.854 bits per heavy atom. The van der Waals surface area contributed by atoms with Gasteiger partial charge in [-0.15, -0.1) is 0 Å². The minimum atomic E-state index is -4.61. The molecular weight excluding hydrogens is 545 g/mol. The van der Waals surface area contributed by atoms with Crippen molar-refractivity contribution in [1.82, 2.24) is 0 Å². The van der Waals surface area contributed by atoms with Crippen LogP contribution in [0.4, 0.5) is 17.1 Å². The van der Waals surface area contributed by atoms with Crippen molar-refractivity contribution >= 4 is 45.1 Å². The number of hydrogen-bond donors (Lipinski definition) is 0. The molecule has 0 aliphatic heterocycles. The van der Waals surface area contributed by atoms with Gasteiger partial charge in [0.2, 0.25) is 0 Å². The van der Waals surface area contributed by atoms with Gasteiger partial charge < -0.3 is 0 Å². The molecule has 41 heavy (non-hydrogen) atoms. The van der Waals surface area contributed by atoms with Crippen LogP contribution in [0, 0.1) is 25.1 Å². The van der Waals surface area contributed by atoms with Crippen molar-refractivity contribution in [3.05, 3.63) is 159 Å². The van der Waals surface area contributed by atoms with Gasteiger partial charge in [0.05, 0.1) is 0 Å². The van der Waals surface area contributed by atoms with Crippen LogP contribution in [0.2, 0.25) is 0 Å². The van der Waals surface area contributed by atoms with E-state index in [4.69, 9.17) is 4.62 Å². The van der Waals surface area contributed by atoms with Gasteiger partial charge in [-0.1, -0.05) is 0 Å². The zero-order chi connectivity index (χ0) is 29.1. The van der Waals surface area contributed by atoms with E-state index in [9.17, 15) is 30.2 Å². The van der Waals surface area contributed by atoms with Crippen molar-refractivity contribution in [3.63, 3.8) is 0 Å². The van der Waals surface area contributed by atoms with Crippen LogP contribution in [0.3, 0.4) is 0 Å². The number of hydrogen-bond acceptors (Lipinski definition) is 7. The summed E-state index contributed by atoms with van der Waals surface area (Å²) in [7, 11) is 0. The summed E-state index contributed by atoms with van der Waals surface area (Å²) in [6.45, 7) is -4.61. The normalized spacial score (nSPS) is 12.0. The van der Waals surface area contributed by atoms with Crippen LogP contribution in [0.5, 0.6) is 5.75 Å². The summed E-state index contributed by atoms with van der Waals surface area (Å²) < 4.78 is 6.67. The Kier molecular flexibility index (Phi) is 7.01. The fourth-order valence-electron chi connectivity index (χ4n) is 5.09. The van der Waals surface area contributed by atoms with Crippen LogP contribution < -0.4 is 26.3 Å². The van der Waals surface area contributed by atoms with E-state index in [-0.39, 0.29) is 4.92 Å². The van der Waals surface area contributed by atoms with Crippen molar-refractivity contribution in [2.45, 2.75) is 0 Å². The predicted octanol–water partition coefficient (Wildman–Crippen LogP) is 4.69. The molecule has 5 aromatic rings. The van der Waals surface area contributed by atoms with Gasteiger partial charge in [0.1, 0.15) is 0 Å². The molecule has 0 N–H and O–H groups in total. The quantitative estimate of drug-likeness (QED) is 0.143. The SMILES string of the molecule is O=[N+]([O-])c1cc([N+](=O)[O-])c([O-])c([N+](=O)OP(c2ccccc2)(c2ccccc2)(c2ccccc2)c2ccccc2)c1. The van der Waals surface area contributed by atoms with E-state index < -0.39 is 39.5 Å². The molecule has 0 unspecified atom stereocenters. The number of nitrogens with zero attached hydrogens (tertiary/aromatic N) is 3. The van der Waals surface area contributed by atoms with Crippen LogP contribution in [0.25, 0.3) is 0 Å². The summed E-state index contributed by atoms with van der Waals surface area (Å²) in [5, 5.41) is 38.8. The van der Waals surface area contributed by atoms with E-state index in [0.717, 1.165) is 0 Å². The Balaban J connectivity index is 1.95. The molecular formula is C30H22N3O7P. The molecule has 0 radical (unpaired) electrons. The number of nitro groups is 2. The van der Waals surface area contributed by atoms with E-state index >= 15 is 0 Å². The molecule has 11 heteroatoms. The minimum absolute atomic E-state index is 0.0971. The number of rotatable bonds is 9. The Morgan fingerprint density at radius 3 is 1.17 bits per heavy atom. The molecule has 0 amide bonds. The molecule has 0 heterocycles. The van der Waals surface area contributed by atoms with E-state index in [1.807, 2.05) is 72.8 Å². The summed E-state index contributed by atoms with van der Waals surface area (Å²) in [4.78, 5) is 35.4. The van der Waals surface area contributed by atoms with Gasteiger partial charge in [0, 0.05) is 0 Å². The van der Waals surface area contributed by atoms with Gasteiger partial charge in [0.25, 0.3) is 0 Å². The van der Waals surface area contributed by atoms with E-state index in [1.165, 1.54) is 0 Å². The third-order valence-electron chi connectivity index (χ3n) is 6.87. The summed E-state index contributed by atoms with van der Waals surface area (Å²) in [5.41, 5.74) is -2.80. The zero-order valence-electron chi connectivity index (χ0n) is 21.3. The first-order valence-electron chi connectivity index (χ1n) is 12.3. The average Bonchev–Trinajstić information content (AvgIpc) is 3.01. The first-order valence-corrected chi connectivity index (χ1v) is 14.5. The predicted molar refractivity (Wildman–Crippen MR) is 155 cm³/mol. The van der Waals surface area contributed by atoms with Crippen molar-refractivity contribution in [3.8, 4) is 5.75 Å². The number of nitro benzene ring substituents is 2. The van der Waals surface area contributed by atoms with Crippen LogP contribution in [-0.2, 0) is 4.62 Å². The van der Waals surface area contributed by atoms with Gasteiger partial charge in [-0.05, 0) is 0 Å². The molecule has 0 saturated carbocycles. The van der Waals surface area contributed by atoms with Crippen LogP contribution >= 0.6 is 6.83 Å². The first kappa shape index (κ1) is 27.1. The first-order chi connectivity index (χ1) is 19.8. The molecule has 0 bridgehead atoms. The maximum absolute atomic E-state index is 14.2. The second-order valence-corrected chi connectivity index (χ2v) is 13.3. The van der Waals surface area contributed by atoms with Crippen molar-refractivity contribution in [2.24, 2.45) is 0 Å². The average molecular weight is 567 g/mol. The second-order valence-electron chi connectivity index (χ2n) is 9.04. The third kappa shape index (κ3) is 4.27. The summed E-state index contributed by atoms with van der Waals surface area (Å²) in [6, 6.07) is 37.3. The molecule has 5 rings (SSSR count). The van der Waals surface area contributed by atoms with Gasteiger partial charge >= 0.3 is 234 Å². The van der Waals surface area contributed by atoms with Crippen LogP contribution in [-0.4, -0.2) is 14.8 Å². The molecule has 5 aromatic carbocycles. The summed E-state index contributed by atoms with van der Waals surface area (Å²) in [6.07, 6.45) is 0. The topological polar surface area (TPSA) is 139 Å². The van der Waals surface area contributed by atoms with E-state index in [2.05, 4.69) is 0 Å². The molecule has 0 spiro atoms. The van der Waals surface area contributed by atoms with E-state index in [1.54, 1.807) is 48.5 Å². The fourth-order valence-corrected chi connectivity index (χ4v) is 10.6. The molecule has 0 fully saturated rings. The molecule has 0 aliphatic rings. The number of non-ortho nitro benzene ring substituents is 1. The Labute approximate surface area is 233 Å². The monoisotopic (exact) mass is 567 g/mol. The van der Waals surface area contributed by atoms with E-state index in [0.29, 0.717) is 33.4 Å². The van der Waals surface area contributed by atoms with Crippen LogP contribution in [0.1, 0.15) is 0 Å². The molecule has 0 aromatic heterocycles. The van der Waals surface area contributed by atoms with Crippen molar-refractivity contribution in [1.29, 1.82) is 0 Å². The van der Waals surface area contributed by atoms with Gasteiger partial charge in [0.15, 0.2) is 0 Å². The third-order valence-corrected chi connectivity index (χ3v) is 12.5. The van der Waals surface area contributed by atoms with Crippen molar-refractivity contribution < 1.29 is 24.5 Å². The zero-order valence-corrected chi connectivity index (χ0v) is 22.2. The summed E-state index contributed by atoms with van der Waals surface area (Å²) >= 11 is 0. The second kappa shape index (κ2) is 10.6. The summed E-state index contributed by atoms with van der Waals surface area (Å²) in [5.74, 6) is -1.31. The Morgan fingerprint density at radius 1 is 0.512 bits per heavy atom. The van der Waals surface area contributed by atoms with Gasteiger partial charge in [-0.2, -0.15) is 0 Å². The van der Waals surface area contributed by atoms with Crippen molar-refractivity contribution in [2.75, 3.05) is 0 Å². The molecule has 0 atom stereocenters. The maximum atomic E-state index is 14.2. The fraction of sp³-hybridized carbons (Fsp3) is 0. The standard InChI is InChI=1S/C30H22N3O7P/c34-30-28(32(37)38)21-23(31(35)36)22-29(30)33(39)40-41(24-13-5-1-6-14-24,25-15-7-2-8-16-25,26-17-9-3-10-18-26)27-19-11-4-12-20-27/h1-22H. The Hall–Kier alpha value is -5.47. The van der Waals surface area contributed by atoms with Crippen LogP contribution in [0.15, 0.2) is 133 Å². The molecule has 204 valence electrons. The molecule has 0 aliphatic carbocycles. The van der Waals surface area contributed by atoms with Gasteiger partial charge in [-0.3, -0.25) is 0 Å². The Bertz CT molecular complexity index is 1580. The van der Waals surface area contributed by atoms with Gasteiger partial charge in [-0.25, -0.2) is 0 Å².